The van der Waals surface area contributed by atoms with Crippen molar-refractivity contribution in [3.05, 3.63) is 35.4 Å². The molecule has 0 aliphatic carbocycles. The SMILES string of the molecule is CCC(Cc1ccc(F)c(F)c1)N1CCC(C(=O)O)CC1. The molecule has 0 aromatic heterocycles. The number of halogens is 2. The van der Waals surface area contributed by atoms with E-state index in [-0.39, 0.29) is 12.0 Å². The monoisotopic (exact) mass is 297 g/mol. The van der Waals surface area contributed by atoms with E-state index in [0.29, 0.717) is 19.3 Å². The van der Waals surface area contributed by atoms with E-state index in [9.17, 15) is 13.6 Å². The third-order valence-corrected chi connectivity index (χ3v) is 4.32. The Morgan fingerprint density at radius 3 is 2.52 bits per heavy atom. The minimum absolute atomic E-state index is 0.240. The van der Waals surface area contributed by atoms with Gasteiger partial charge < -0.3 is 10.0 Å². The lowest BCUT2D eigenvalue weighted by Crippen LogP contribution is -2.43. The van der Waals surface area contributed by atoms with Crippen molar-refractivity contribution in [1.29, 1.82) is 0 Å². The van der Waals surface area contributed by atoms with Gasteiger partial charge in [0, 0.05) is 6.04 Å². The fourth-order valence-corrected chi connectivity index (χ4v) is 2.98. The topological polar surface area (TPSA) is 40.5 Å². The average molecular weight is 297 g/mol. The molecule has 0 bridgehead atoms. The lowest BCUT2D eigenvalue weighted by molar-refractivity contribution is -0.143. The average Bonchev–Trinajstić information content (AvgIpc) is 2.48. The summed E-state index contributed by atoms with van der Waals surface area (Å²) < 4.78 is 26.2. The third-order valence-electron chi connectivity index (χ3n) is 4.32. The molecule has 1 unspecified atom stereocenters. The van der Waals surface area contributed by atoms with Crippen LogP contribution in [-0.4, -0.2) is 35.1 Å². The second-order valence-electron chi connectivity index (χ2n) is 5.66. The first-order valence-corrected chi connectivity index (χ1v) is 7.42. The number of benzene rings is 1. The van der Waals surface area contributed by atoms with Gasteiger partial charge in [-0.25, -0.2) is 8.78 Å². The molecule has 1 aromatic rings. The Kier molecular flexibility index (Phi) is 5.28. The van der Waals surface area contributed by atoms with Crippen molar-refractivity contribution in [3.63, 3.8) is 0 Å². The van der Waals surface area contributed by atoms with Crippen molar-refractivity contribution in [2.45, 2.75) is 38.6 Å². The lowest BCUT2D eigenvalue weighted by atomic mass is 9.93. The summed E-state index contributed by atoms with van der Waals surface area (Å²) in [5, 5.41) is 9.02. The number of hydrogen-bond donors (Lipinski definition) is 1. The minimum Gasteiger partial charge on any atom is -0.481 e. The lowest BCUT2D eigenvalue weighted by Gasteiger charge is -2.36. The van der Waals surface area contributed by atoms with Crippen molar-refractivity contribution in [2.24, 2.45) is 5.92 Å². The van der Waals surface area contributed by atoms with E-state index in [1.807, 2.05) is 0 Å². The van der Waals surface area contributed by atoms with Crippen LogP contribution >= 0.6 is 0 Å². The smallest absolute Gasteiger partial charge is 0.306 e. The summed E-state index contributed by atoms with van der Waals surface area (Å²) in [6, 6.07) is 4.27. The van der Waals surface area contributed by atoms with Crippen LogP contribution < -0.4 is 0 Å². The highest BCUT2D eigenvalue weighted by atomic mass is 19.2. The van der Waals surface area contributed by atoms with Gasteiger partial charge >= 0.3 is 5.97 Å². The molecule has 1 saturated heterocycles. The molecule has 1 fully saturated rings. The fraction of sp³-hybridized carbons (Fsp3) is 0.562. The number of rotatable bonds is 5. The van der Waals surface area contributed by atoms with Gasteiger partial charge in [0.15, 0.2) is 11.6 Å². The third kappa shape index (κ3) is 4.00. The summed E-state index contributed by atoms with van der Waals surface area (Å²) in [5.74, 6) is -2.61. The van der Waals surface area contributed by atoms with Crippen molar-refractivity contribution < 1.29 is 18.7 Å². The van der Waals surface area contributed by atoms with E-state index in [1.54, 1.807) is 6.07 Å². The summed E-state index contributed by atoms with van der Waals surface area (Å²) in [7, 11) is 0. The molecular formula is C16H21F2NO2. The van der Waals surface area contributed by atoms with Crippen LogP contribution in [0.2, 0.25) is 0 Å². The van der Waals surface area contributed by atoms with Crippen molar-refractivity contribution in [2.75, 3.05) is 13.1 Å². The Hall–Kier alpha value is -1.49. The van der Waals surface area contributed by atoms with E-state index in [0.717, 1.165) is 31.1 Å². The van der Waals surface area contributed by atoms with Crippen molar-refractivity contribution in [1.82, 2.24) is 4.90 Å². The van der Waals surface area contributed by atoms with Gasteiger partial charge in [-0.2, -0.15) is 0 Å². The summed E-state index contributed by atoms with van der Waals surface area (Å²) in [4.78, 5) is 13.2. The minimum atomic E-state index is -0.825. The molecule has 1 heterocycles. The van der Waals surface area contributed by atoms with Gasteiger partial charge in [-0.05, 0) is 56.5 Å². The maximum Gasteiger partial charge on any atom is 0.306 e. The van der Waals surface area contributed by atoms with Gasteiger partial charge in [-0.1, -0.05) is 13.0 Å². The number of carbonyl (C=O) groups is 1. The van der Waals surface area contributed by atoms with Crippen LogP contribution in [-0.2, 0) is 11.2 Å². The quantitative estimate of drug-likeness (QED) is 0.908. The Balaban J connectivity index is 1.97. The molecule has 1 aliphatic rings. The predicted octanol–water partition coefficient (Wildman–Crippen LogP) is 3.08. The van der Waals surface area contributed by atoms with Gasteiger partial charge in [0.25, 0.3) is 0 Å². The molecule has 2 rings (SSSR count). The Morgan fingerprint density at radius 2 is 2.00 bits per heavy atom. The zero-order valence-corrected chi connectivity index (χ0v) is 12.2. The van der Waals surface area contributed by atoms with E-state index in [1.165, 1.54) is 6.07 Å². The summed E-state index contributed by atoms with van der Waals surface area (Å²) in [6.45, 7) is 3.56. The van der Waals surface area contributed by atoms with Crippen LogP contribution in [0.4, 0.5) is 8.78 Å². The molecule has 0 spiro atoms. The Labute approximate surface area is 123 Å². The van der Waals surface area contributed by atoms with E-state index in [2.05, 4.69) is 11.8 Å². The molecule has 21 heavy (non-hydrogen) atoms. The first kappa shape index (κ1) is 15.9. The first-order valence-electron chi connectivity index (χ1n) is 7.42. The second kappa shape index (κ2) is 6.98. The van der Waals surface area contributed by atoms with Gasteiger partial charge in [0.1, 0.15) is 0 Å². The molecule has 5 heteroatoms. The fourth-order valence-electron chi connectivity index (χ4n) is 2.98. The first-order chi connectivity index (χ1) is 10.0. The van der Waals surface area contributed by atoms with E-state index >= 15 is 0 Å². The largest absolute Gasteiger partial charge is 0.481 e. The summed E-state index contributed by atoms with van der Waals surface area (Å²) >= 11 is 0. The van der Waals surface area contributed by atoms with Crippen LogP contribution in [0.15, 0.2) is 18.2 Å². The molecule has 1 aromatic carbocycles. The van der Waals surface area contributed by atoms with Crippen LogP contribution in [0, 0.1) is 17.6 Å². The number of aliphatic carboxylic acids is 1. The number of carboxylic acid groups (broad SMARTS) is 1. The van der Waals surface area contributed by atoms with Gasteiger partial charge in [0.2, 0.25) is 0 Å². The number of nitrogens with zero attached hydrogens (tertiary/aromatic N) is 1. The molecule has 1 N–H and O–H groups in total. The second-order valence-corrected chi connectivity index (χ2v) is 5.66. The predicted molar refractivity (Wildman–Crippen MR) is 76.1 cm³/mol. The zero-order valence-electron chi connectivity index (χ0n) is 12.2. The highest BCUT2D eigenvalue weighted by molar-refractivity contribution is 5.70. The summed E-state index contributed by atoms with van der Waals surface area (Å²) in [5.41, 5.74) is 0.779. The van der Waals surface area contributed by atoms with Crippen molar-refractivity contribution in [3.8, 4) is 0 Å². The van der Waals surface area contributed by atoms with Crippen LogP contribution in [0.3, 0.4) is 0 Å². The molecule has 1 aliphatic heterocycles. The summed E-state index contributed by atoms with van der Waals surface area (Å²) in [6.07, 6.45) is 2.87. The number of piperidine rings is 1. The van der Waals surface area contributed by atoms with E-state index in [4.69, 9.17) is 5.11 Å². The number of hydrogen-bond acceptors (Lipinski definition) is 2. The number of likely N-dealkylation sites (tertiary alicyclic amines) is 1. The number of carboxylic acids is 1. The Bertz CT molecular complexity index is 499. The molecule has 0 saturated carbocycles. The molecule has 3 nitrogen and oxygen atoms in total. The molecule has 0 amide bonds. The highest BCUT2D eigenvalue weighted by Gasteiger charge is 2.27. The maximum atomic E-state index is 13.3. The zero-order chi connectivity index (χ0) is 15.4. The van der Waals surface area contributed by atoms with Gasteiger partial charge in [-0.3, -0.25) is 4.79 Å². The van der Waals surface area contributed by atoms with E-state index < -0.39 is 17.6 Å². The Morgan fingerprint density at radius 1 is 1.33 bits per heavy atom. The molecule has 0 radical (unpaired) electrons. The van der Waals surface area contributed by atoms with Crippen LogP contribution in [0.5, 0.6) is 0 Å². The standard InChI is InChI=1S/C16H21F2NO2/c1-2-13(9-11-3-4-14(17)15(18)10-11)19-7-5-12(6-8-19)16(20)21/h3-4,10,12-13H,2,5-9H2,1H3,(H,20,21). The highest BCUT2D eigenvalue weighted by Crippen LogP contribution is 2.22. The van der Waals surface area contributed by atoms with Crippen molar-refractivity contribution >= 4 is 5.97 Å². The molecule has 1 atom stereocenters. The maximum absolute atomic E-state index is 13.3. The van der Waals surface area contributed by atoms with Gasteiger partial charge in [-0.15, -0.1) is 0 Å². The normalized spacial score (nSPS) is 18.6. The van der Waals surface area contributed by atoms with Gasteiger partial charge in [0.05, 0.1) is 5.92 Å². The molecular weight excluding hydrogens is 276 g/mol. The van der Waals surface area contributed by atoms with Crippen LogP contribution in [0.25, 0.3) is 0 Å². The molecule has 116 valence electrons. The van der Waals surface area contributed by atoms with Crippen LogP contribution in [0.1, 0.15) is 31.7 Å².